The molecule has 0 aromatic heterocycles. The van der Waals surface area contributed by atoms with Gasteiger partial charge < -0.3 is 44.5 Å². The van der Waals surface area contributed by atoms with Crippen LogP contribution in [0.4, 0.5) is 0 Å². The van der Waals surface area contributed by atoms with Crippen LogP contribution in [0.1, 0.15) is 217 Å². The highest BCUT2D eigenvalue weighted by atomic mass is 16.7. The Morgan fingerprint density at radius 1 is 0.462 bits per heavy atom. The first-order valence-electron chi connectivity index (χ1n) is 30.4. The summed E-state index contributed by atoms with van der Waals surface area (Å²) in [7, 11) is 0. The Morgan fingerprint density at radius 3 is 1.23 bits per heavy atom. The number of ether oxygens (including phenoxy) is 5. The molecule has 1 aliphatic heterocycles. The minimum absolute atomic E-state index is 0.171. The van der Waals surface area contributed by atoms with Crippen molar-refractivity contribution < 1.29 is 53.1 Å². The SMILES string of the molecule is CCCCCCCCCCCCCCC(CCCCCCCCCCCCCC)C(=O)N[C@@H](CO[C@@H]1O[C@@H](C)[C@@H](OCc2ccccc2)[C@@H](OCc2ccccc2)[C@@H]1OCc1ccccc1)C(=O)N[C@H](CCC(=O)O)C(=O)O. The Kier molecular flexibility index (Phi) is 34.9. The van der Waals surface area contributed by atoms with Gasteiger partial charge in [0.2, 0.25) is 11.8 Å². The molecular weight excluding hydrogens is 985 g/mol. The molecule has 78 heavy (non-hydrogen) atoms. The van der Waals surface area contributed by atoms with Crippen LogP contribution in [0, 0.1) is 5.92 Å². The summed E-state index contributed by atoms with van der Waals surface area (Å²) in [6.07, 6.45) is 25.5. The number of carboxylic acid groups (broad SMARTS) is 2. The van der Waals surface area contributed by atoms with Gasteiger partial charge in [-0.05, 0) is 42.9 Å². The Hall–Kier alpha value is -4.66. The second-order valence-electron chi connectivity index (χ2n) is 21.8. The summed E-state index contributed by atoms with van der Waals surface area (Å²) in [6.45, 7) is 6.65. The van der Waals surface area contributed by atoms with Gasteiger partial charge in [0.05, 0.1) is 32.5 Å². The van der Waals surface area contributed by atoms with Crippen LogP contribution in [0.25, 0.3) is 0 Å². The van der Waals surface area contributed by atoms with Crippen molar-refractivity contribution in [2.45, 2.75) is 263 Å². The number of carbonyl (C=O) groups is 4. The summed E-state index contributed by atoms with van der Waals surface area (Å²) in [5.41, 5.74) is 2.81. The number of hydrogen-bond donors (Lipinski definition) is 4. The first kappa shape index (κ1) is 65.9. The Morgan fingerprint density at radius 2 is 0.833 bits per heavy atom. The van der Waals surface area contributed by atoms with Crippen molar-refractivity contribution in [2.24, 2.45) is 5.92 Å². The van der Waals surface area contributed by atoms with Gasteiger partial charge in [-0.15, -0.1) is 0 Å². The van der Waals surface area contributed by atoms with Gasteiger partial charge in [-0.3, -0.25) is 14.4 Å². The minimum atomic E-state index is -1.52. The van der Waals surface area contributed by atoms with Gasteiger partial charge in [-0.2, -0.15) is 0 Å². The van der Waals surface area contributed by atoms with Crippen molar-refractivity contribution in [3.8, 4) is 0 Å². The predicted octanol–water partition coefficient (Wildman–Crippen LogP) is 14.2. The molecule has 3 aromatic rings. The second-order valence-corrected chi connectivity index (χ2v) is 21.8. The van der Waals surface area contributed by atoms with Crippen LogP contribution >= 0.6 is 0 Å². The van der Waals surface area contributed by atoms with Crippen molar-refractivity contribution in [1.82, 2.24) is 10.6 Å². The number of rotatable bonds is 46. The van der Waals surface area contributed by atoms with Crippen LogP contribution in [0.15, 0.2) is 91.0 Å². The standard InChI is InChI=1S/C65H100N2O11/c1-4-6-8-10-12-14-16-18-20-22-24-35-43-55(44-36-25-23-21-19-17-15-13-11-9-7-5-2)62(70)67-57(63(71)66-56(64(72)73)45-46-58(68)69)50-77-65-61(76-49-54-41-33-28-34-42-54)60(75-48-53-39-31-27-32-40-53)59(51(3)78-65)74-47-52-37-29-26-30-38-52/h26-34,37-42,51,55-57,59-61,65H,4-25,35-36,43-50H2,1-3H3,(H,66,71)(H,67,70)(H,68,69)(H,72,73)/t51-,56+,57-,59+,60+,61-,65+/m0/s1. The monoisotopic (exact) mass is 1080 g/mol. The van der Waals surface area contributed by atoms with E-state index in [0.717, 1.165) is 55.2 Å². The van der Waals surface area contributed by atoms with Crippen molar-refractivity contribution in [1.29, 1.82) is 0 Å². The molecule has 0 saturated carbocycles. The maximum absolute atomic E-state index is 14.7. The molecule has 1 heterocycles. The lowest BCUT2D eigenvalue weighted by molar-refractivity contribution is -0.320. The summed E-state index contributed by atoms with van der Waals surface area (Å²) < 4.78 is 33.4. The van der Waals surface area contributed by atoms with E-state index in [4.69, 9.17) is 23.7 Å². The normalized spacial score (nSPS) is 18.1. The molecule has 436 valence electrons. The van der Waals surface area contributed by atoms with Gasteiger partial charge in [-0.1, -0.05) is 259 Å². The second kappa shape index (κ2) is 41.4. The molecule has 0 unspecified atom stereocenters. The Balaban J connectivity index is 1.54. The van der Waals surface area contributed by atoms with Crippen molar-refractivity contribution in [3.05, 3.63) is 108 Å². The van der Waals surface area contributed by atoms with Gasteiger partial charge in [0.15, 0.2) is 6.29 Å². The van der Waals surface area contributed by atoms with E-state index in [2.05, 4.69) is 24.5 Å². The summed E-state index contributed by atoms with van der Waals surface area (Å²) >= 11 is 0. The number of amides is 2. The number of aliphatic carboxylic acids is 2. The topological polar surface area (TPSA) is 179 Å². The molecule has 1 saturated heterocycles. The highest BCUT2D eigenvalue weighted by molar-refractivity contribution is 5.91. The molecule has 3 aromatic carbocycles. The van der Waals surface area contributed by atoms with E-state index in [9.17, 15) is 29.4 Å². The molecule has 4 rings (SSSR count). The van der Waals surface area contributed by atoms with Gasteiger partial charge in [0.25, 0.3) is 0 Å². The van der Waals surface area contributed by atoms with E-state index in [-0.39, 0.29) is 38.1 Å². The number of benzene rings is 3. The van der Waals surface area contributed by atoms with Crippen molar-refractivity contribution >= 4 is 23.8 Å². The maximum atomic E-state index is 14.7. The average Bonchev–Trinajstić information content (AvgIpc) is 3.47. The van der Waals surface area contributed by atoms with Crippen molar-refractivity contribution in [2.75, 3.05) is 6.61 Å². The van der Waals surface area contributed by atoms with E-state index in [0.29, 0.717) is 12.8 Å². The lowest BCUT2D eigenvalue weighted by atomic mass is 9.92. The first-order valence-corrected chi connectivity index (χ1v) is 30.4. The fourth-order valence-electron chi connectivity index (χ4n) is 10.3. The molecule has 7 atom stereocenters. The van der Waals surface area contributed by atoms with Crippen LogP contribution in [-0.2, 0) is 62.7 Å². The summed E-state index contributed by atoms with van der Waals surface area (Å²) in [5.74, 6) is -4.05. The lowest BCUT2D eigenvalue weighted by Crippen LogP contribution is -2.61. The summed E-state index contributed by atoms with van der Waals surface area (Å²) in [4.78, 5) is 53.1. The molecule has 13 nitrogen and oxygen atoms in total. The zero-order valence-electron chi connectivity index (χ0n) is 48.0. The van der Waals surface area contributed by atoms with Gasteiger partial charge >= 0.3 is 11.9 Å². The van der Waals surface area contributed by atoms with E-state index in [1.54, 1.807) is 0 Å². The maximum Gasteiger partial charge on any atom is 0.326 e. The molecule has 0 bridgehead atoms. The fourth-order valence-corrected chi connectivity index (χ4v) is 10.3. The Labute approximate surface area is 469 Å². The molecule has 2 amide bonds. The molecule has 1 aliphatic rings. The van der Waals surface area contributed by atoms with E-state index < -0.39 is 73.7 Å². The zero-order chi connectivity index (χ0) is 55.8. The largest absolute Gasteiger partial charge is 0.481 e. The van der Waals surface area contributed by atoms with Crippen LogP contribution in [0.5, 0.6) is 0 Å². The average molecular weight is 1090 g/mol. The number of nitrogens with one attached hydrogen (secondary N) is 2. The van der Waals surface area contributed by atoms with E-state index in [1.165, 1.54) is 116 Å². The third-order valence-corrected chi connectivity index (χ3v) is 15.1. The van der Waals surface area contributed by atoms with Crippen LogP contribution in [-0.4, -0.2) is 83.4 Å². The summed E-state index contributed by atoms with van der Waals surface area (Å²) in [6, 6.07) is 26.4. The highest BCUT2D eigenvalue weighted by Gasteiger charge is 2.48. The minimum Gasteiger partial charge on any atom is -0.481 e. The molecule has 0 aliphatic carbocycles. The number of unbranched alkanes of at least 4 members (excludes halogenated alkanes) is 22. The molecule has 1 fully saturated rings. The fraction of sp³-hybridized carbons (Fsp3) is 0.662. The third kappa shape index (κ3) is 28.0. The van der Waals surface area contributed by atoms with Crippen LogP contribution in [0.2, 0.25) is 0 Å². The third-order valence-electron chi connectivity index (χ3n) is 15.1. The van der Waals surface area contributed by atoms with Crippen LogP contribution in [0.3, 0.4) is 0 Å². The van der Waals surface area contributed by atoms with Crippen molar-refractivity contribution in [3.63, 3.8) is 0 Å². The van der Waals surface area contributed by atoms with E-state index >= 15 is 0 Å². The van der Waals surface area contributed by atoms with E-state index in [1.807, 2.05) is 97.9 Å². The Bertz CT molecular complexity index is 1980. The molecule has 4 N–H and O–H groups in total. The lowest BCUT2D eigenvalue weighted by Gasteiger charge is -2.45. The number of hydrogen-bond acceptors (Lipinski definition) is 9. The molecular formula is C65H100N2O11. The quantitative estimate of drug-likeness (QED) is 0.0396. The van der Waals surface area contributed by atoms with Gasteiger partial charge in [-0.25, -0.2) is 4.79 Å². The zero-order valence-corrected chi connectivity index (χ0v) is 48.0. The van der Waals surface area contributed by atoms with Gasteiger partial charge in [0, 0.05) is 12.3 Å². The van der Waals surface area contributed by atoms with Gasteiger partial charge in [0.1, 0.15) is 30.4 Å². The number of carboxylic acids is 2. The molecule has 0 radical (unpaired) electrons. The summed E-state index contributed by atoms with van der Waals surface area (Å²) in [5, 5.41) is 25.1. The smallest absolute Gasteiger partial charge is 0.326 e. The molecule has 0 spiro atoms. The molecule has 13 heteroatoms. The predicted molar refractivity (Wildman–Crippen MR) is 309 cm³/mol. The number of carbonyl (C=O) groups excluding carboxylic acids is 2. The van der Waals surface area contributed by atoms with Crippen LogP contribution < -0.4 is 10.6 Å². The first-order chi connectivity index (χ1) is 38.1. The highest BCUT2D eigenvalue weighted by Crippen LogP contribution is 2.32.